The van der Waals surface area contributed by atoms with Crippen LogP contribution >= 0.6 is 0 Å². The predicted molar refractivity (Wildman–Crippen MR) is 54.4 cm³/mol. The Morgan fingerprint density at radius 3 is 2.75 bits per heavy atom. The topological polar surface area (TPSA) is 46.6 Å². The first-order valence-electron chi connectivity index (χ1n) is 5.84. The van der Waals surface area contributed by atoms with Crippen molar-refractivity contribution in [1.82, 2.24) is 4.90 Å². The zero-order valence-electron chi connectivity index (χ0n) is 9.05. The molecule has 2 bridgehead atoms. The third-order valence-corrected chi connectivity index (χ3v) is 4.81. The Bertz CT molecular complexity index is 438. The fraction of sp³-hybridized carbons (Fsp3) is 0.667. The van der Waals surface area contributed by atoms with Gasteiger partial charge in [-0.25, -0.2) is 9.69 Å². The van der Waals surface area contributed by atoms with Crippen LogP contribution in [0.2, 0.25) is 0 Å². The van der Waals surface area contributed by atoms with Crippen LogP contribution in [0.4, 0.5) is 4.79 Å². The molecule has 3 fully saturated rings. The molecule has 4 heteroatoms. The van der Waals surface area contributed by atoms with E-state index < -0.39 is 6.09 Å². The van der Waals surface area contributed by atoms with Gasteiger partial charge in [0.2, 0.25) is 5.91 Å². The van der Waals surface area contributed by atoms with E-state index >= 15 is 0 Å². The SMILES string of the molecule is CC(=O)N1C(=O)OC2C1C1C=CC2C12CC2. The van der Waals surface area contributed by atoms with Crippen molar-refractivity contribution in [2.45, 2.75) is 31.9 Å². The lowest BCUT2D eigenvalue weighted by molar-refractivity contribution is -0.127. The lowest BCUT2D eigenvalue weighted by Gasteiger charge is -2.23. The molecule has 0 aromatic rings. The van der Waals surface area contributed by atoms with Crippen molar-refractivity contribution in [1.29, 1.82) is 0 Å². The summed E-state index contributed by atoms with van der Waals surface area (Å²) < 4.78 is 5.38. The quantitative estimate of drug-likeness (QED) is 0.577. The predicted octanol–water partition coefficient (Wildman–Crippen LogP) is 1.32. The van der Waals surface area contributed by atoms with E-state index in [-0.39, 0.29) is 18.1 Å². The molecular formula is C12H13NO3. The Morgan fingerprint density at radius 1 is 1.44 bits per heavy atom. The first-order valence-corrected chi connectivity index (χ1v) is 5.84. The van der Waals surface area contributed by atoms with E-state index in [2.05, 4.69) is 12.2 Å². The molecule has 0 radical (unpaired) electrons. The highest BCUT2D eigenvalue weighted by Crippen LogP contribution is 2.70. The van der Waals surface area contributed by atoms with E-state index in [1.807, 2.05) is 0 Å². The summed E-state index contributed by atoms with van der Waals surface area (Å²) >= 11 is 0. The molecule has 0 N–H and O–H groups in total. The van der Waals surface area contributed by atoms with E-state index in [1.165, 1.54) is 24.7 Å². The summed E-state index contributed by atoms with van der Waals surface area (Å²) in [7, 11) is 0. The number of imide groups is 1. The van der Waals surface area contributed by atoms with Crippen LogP contribution in [-0.2, 0) is 9.53 Å². The summed E-state index contributed by atoms with van der Waals surface area (Å²) in [5, 5.41) is 0. The third-order valence-electron chi connectivity index (χ3n) is 4.81. The average molecular weight is 219 g/mol. The smallest absolute Gasteiger partial charge is 0.417 e. The van der Waals surface area contributed by atoms with Crippen molar-refractivity contribution in [3.05, 3.63) is 12.2 Å². The van der Waals surface area contributed by atoms with Crippen LogP contribution in [0.5, 0.6) is 0 Å². The first-order chi connectivity index (χ1) is 7.65. The maximum absolute atomic E-state index is 11.6. The molecule has 16 heavy (non-hydrogen) atoms. The van der Waals surface area contributed by atoms with Crippen LogP contribution in [0.15, 0.2) is 12.2 Å². The Hall–Kier alpha value is -1.32. The van der Waals surface area contributed by atoms with E-state index in [0.717, 1.165) is 0 Å². The number of rotatable bonds is 0. The molecule has 1 aliphatic heterocycles. The second kappa shape index (κ2) is 2.34. The summed E-state index contributed by atoms with van der Waals surface area (Å²) in [6.07, 6.45) is 6.29. The van der Waals surface area contributed by atoms with Gasteiger partial charge in [-0.3, -0.25) is 4.79 Å². The Morgan fingerprint density at radius 2 is 2.12 bits per heavy atom. The first kappa shape index (κ1) is 8.79. The maximum Gasteiger partial charge on any atom is 0.417 e. The van der Waals surface area contributed by atoms with Crippen LogP contribution < -0.4 is 0 Å². The van der Waals surface area contributed by atoms with Gasteiger partial charge < -0.3 is 4.74 Å². The molecule has 1 heterocycles. The van der Waals surface area contributed by atoms with Crippen LogP contribution in [0.3, 0.4) is 0 Å². The van der Waals surface area contributed by atoms with Crippen molar-refractivity contribution < 1.29 is 14.3 Å². The molecule has 84 valence electrons. The van der Waals surface area contributed by atoms with Gasteiger partial charge in [-0.15, -0.1) is 0 Å². The van der Waals surface area contributed by atoms with Gasteiger partial charge in [0.25, 0.3) is 0 Å². The minimum Gasteiger partial charge on any atom is -0.443 e. The molecule has 4 aliphatic rings. The van der Waals surface area contributed by atoms with E-state index in [4.69, 9.17) is 4.74 Å². The van der Waals surface area contributed by atoms with Crippen LogP contribution in [-0.4, -0.2) is 29.0 Å². The number of hydrogen-bond acceptors (Lipinski definition) is 3. The molecule has 4 atom stereocenters. The molecule has 4 unspecified atom stereocenters. The Kier molecular flexibility index (Phi) is 1.28. The number of ether oxygens (including phenoxy) is 1. The van der Waals surface area contributed by atoms with Gasteiger partial charge in [0.1, 0.15) is 6.10 Å². The fourth-order valence-corrected chi connectivity index (χ4v) is 4.05. The second-order valence-corrected chi connectivity index (χ2v) is 5.40. The van der Waals surface area contributed by atoms with Gasteiger partial charge in [0.05, 0.1) is 6.04 Å². The van der Waals surface area contributed by atoms with Gasteiger partial charge in [0.15, 0.2) is 0 Å². The lowest BCUT2D eigenvalue weighted by atomic mass is 9.91. The van der Waals surface area contributed by atoms with E-state index in [9.17, 15) is 9.59 Å². The molecule has 0 aromatic heterocycles. The largest absolute Gasteiger partial charge is 0.443 e. The molecular weight excluding hydrogens is 206 g/mol. The van der Waals surface area contributed by atoms with Gasteiger partial charge in [-0.1, -0.05) is 12.2 Å². The summed E-state index contributed by atoms with van der Waals surface area (Å²) in [4.78, 5) is 24.5. The molecule has 2 amide bonds. The van der Waals surface area contributed by atoms with Crippen molar-refractivity contribution in [3.8, 4) is 0 Å². The molecule has 0 aromatic carbocycles. The summed E-state index contributed by atoms with van der Waals surface area (Å²) in [5.41, 5.74) is 0.337. The van der Waals surface area contributed by atoms with Gasteiger partial charge in [0, 0.05) is 18.8 Å². The van der Waals surface area contributed by atoms with Crippen molar-refractivity contribution in [3.63, 3.8) is 0 Å². The Balaban J connectivity index is 1.79. The number of amides is 2. The number of fused-ring (bicyclic) bond motifs is 3. The lowest BCUT2D eigenvalue weighted by Crippen LogP contribution is -2.42. The zero-order chi connectivity index (χ0) is 11.1. The standard InChI is InChI=1S/C12H13NO3/c1-6(14)13-9-7-2-3-8(12(7)4-5-12)10(9)16-11(13)15/h2-3,7-10H,4-5H2,1H3. The van der Waals surface area contributed by atoms with Crippen LogP contribution in [0.25, 0.3) is 0 Å². The zero-order valence-corrected chi connectivity index (χ0v) is 9.05. The van der Waals surface area contributed by atoms with E-state index in [1.54, 1.807) is 0 Å². The molecule has 4 nitrogen and oxygen atoms in total. The molecule has 1 spiro atoms. The second-order valence-electron chi connectivity index (χ2n) is 5.40. The average Bonchev–Trinajstić information content (AvgIpc) is 2.73. The highest BCUT2D eigenvalue weighted by atomic mass is 16.6. The number of hydrogen-bond donors (Lipinski definition) is 0. The normalized spacial score (nSPS) is 45.1. The molecule has 4 rings (SSSR count). The highest BCUT2D eigenvalue weighted by molar-refractivity contribution is 5.93. The van der Waals surface area contributed by atoms with Gasteiger partial charge in [-0.05, 0) is 18.3 Å². The monoisotopic (exact) mass is 219 g/mol. The van der Waals surface area contributed by atoms with Crippen LogP contribution in [0.1, 0.15) is 19.8 Å². The summed E-state index contributed by atoms with van der Waals surface area (Å²) in [6, 6.07) is -0.0255. The summed E-state index contributed by atoms with van der Waals surface area (Å²) in [5.74, 6) is 0.517. The number of carbonyl (C=O) groups is 2. The van der Waals surface area contributed by atoms with Crippen LogP contribution in [0, 0.1) is 17.3 Å². The third kappa shape index (κ3) is 0.730. The number of nitrogens with zero attached hydrogens (tertiary/aromatic N) is 1. The van der Waals surface area contributed by atoms with Crippen molar-refractivity contribution in [2.24, 2.45) is 17.3 Å². The van der Waals surface area contributed by atoms with Gasteiger partial charge >= 0.3 is 6.09 Å². The molecule has 1 saturated heterocycles. The minimum absolute atomic E-state index is 0.0255. The van der Waals surface area contributed by atoms with Crippen molar-refractivity contribution >= 4 is 12.0 Å². The fourth-order valence-electron chi connectivity index (χ4n) is 4.05. The van der Waals surface area contributed by atoms with Gasteiger partial charge in [-0.2, -0.15) is 0 Å². The number of carbonyl (C=O) groups excluding carboxylic acids is 2. The van der Waals surface area contributed by atoms with Crippen molar-refractivity contribution in [2.75, 3.05) is 0 Å². The Labute approximate surface area is 93.2 Å². The highest BCUT2D eigenvalue weighted by Gasteiger charge is 2.72. The molecule has 2 saturated carbocycles. The summed E-state index contributed by atoms with van der Waals surface area (Å²) in [6.45, 7) is 1.44. The van der Waals surface area contributed by atoms with E-state index in [0.29, 0.717) is 17.3 Å². The minimum atomic E-state index is -0.447. The molecule has 3 aliphatic carbocycles. The maximum atomic E-state index is 11.6.